The predicted octanol–water partition coefficient (Wildman–Crippen LogP) is 2.36. The van der Waals surface area contributed by atoms with Gasteiger partial charge in [0.1, 0.15) is 0 Å². The topological polar surface area (TPSA) is 80.0 Å². The van der Waals surface area contributed by atoms with Crippen molar-refractivity contribution in [2.75, 3.05) is 0 Å². The van der Waals surface area contributed by atoms with Gasteiger partial charge in [-0.05, 0) is 25.5 Å². The second-order valence-electron chi connectivity index (χ2n) is 4.20. The molecule has 0 fully saturated rings. The van der Waals surface area contributed by atoms with Crippen molar-refractivity contribution in [3.8, 4) is 0 Å². The number of aromatic amines is 1. The van der Waals surface area contributed by atoms with Crippen molar-refractivity contribution in [2.24, 2.45) is 10.7 Å². The zero-order valence-electron chi connectivity index (χ0n) is 10.7. The molecule has 2 aromatic rings. The number of hydrogen-bond acceptors (Lipinski definition) is 4. The summed E-state index contributed by atoms with van der Waals surface area (Å²) < 4.78 is 13.2. The first-order valence-electron chi connectivity index (χ1n) is 5.65. The third-order valence-electron chi connectivity index (χ3n) is 2.59. The molecule has 0 saturated carbocycles. The SMILES string of the molecule is C=C(N)/C(F)=C\N=C(C)c1[nH]nc2ncc(C)cc12. The lowest BCUT2D eigenvalue weighted by Crippen LogP contribution is -1.97. The first-order chi connectivity index (χ1) is 8.99. The second kappa shape index (κ2) is 5.01. The van der Waals surface area contributed by atoms with E-state index in [1.165, 1.54) is 0 Å². The van der Waals surface area contributed by atoms with Gasteiger partial charge in [-0.1, -0.05) is 6.58 Å². The minimum absolute atomic E-state index is 0.150. The molecule has 0 aliphatic rings. The van der Waals surface area contributed by atoms with E-state index >= 15 is 0 Å². The number of rotatable bonds is 3. The van der Waals surface area contributed by atoms with E-state index in [-0.39, 0.29) is 5.70 Å². The van der Waals surface area contributed by atoms with E-state index < -0.39 is 5.83 Å². The summed E-state index contributed by atoms with van der Waals surface area (Å²) in [7, 11) is 0. The van der Waals surface area contributed by atoms with Gasteiger partial charge < -0.3 is 5.73 Å². The number of nitrogens with two attached hydrogens (primary N) is 1. The number of aromatic nitrogens is 3. The van der Waals surface area contributed by atoms with Crippen LogP contribution in [0.4, 0.5) is 4.39 Å². The summed E-state index contributed by atoms with van der Waals surface area (Å²) in [5, 5.41) is 7.76. The van der Waals surface area contributed by atoms with Crippen LogP contribution < -0.4 is 5.73 Å². The summed E-state index contributed by atoms with van der Waals surface area (Å²) >= 11 is 0. The number of pyridine rings is 1. The molecule has 3 N–H and O–H groups in total. The Labute approximate surface area is 109 Å². The monoisotopic (exact) mass is 259 g/mol. The molecule has 98 valence electrons. The fraction of sp³-hybridized carbons (Fsp3) is 0.154. The second-order valence-corrected chi connectivity index (χ2v) is 4.20. The Morgan fingerprint density at radius 2 is 2.32 bits per heavy atom. The molecular formula is C13H14FN5. The highest BCUT2D eigenvalue weighted by atomic mass is 19.1. The average molecular weight is 259 g/mol. The van der Waals surface area contributed by atoms with Gasteiger partial charge in [-0.15, -0.1) is 0 Å². The van der Waals surface area contributed by atoms with E-state index in [2.05, 4.69) is 26.8 Å². The number of nitrogens with one attached hydrogen (secondary N) is 1. The van der Waals surface area contributed by atoms with Crippen molar-refractivity contribution in [3.05, 3.63) is 47.8 Å². The number of halogens is 1. The average Bonchev–Trinajstić information content (AvgIpc) is 2.78. The third-order valence-corrected chi connectivity index (χ3v) is 2.59. The van der Waals surface area contributed by atoms with Gasteiger partial charge in [-0.25, -0.2) is 9.37 Å². The summed E-state index contributed by atoms with van der Waals surface area (Å²) in [4.78, 5) is 8.19. The summed E-state index contributed by atoms with van der Waals surface area (Å²) in [6, 6.07) is 1.95. The molecule has 2 heterocycles. The predicted molar refractivity (Wildman–Crippen MR) is 73.4 cm³/mol. The first-order valence-corrected chi connectivity index (χ1v) is 5.65. The van der Waals surface area contributed by atoms with Crippen LogP contribution in [0.5, 0.6) is 0 Å². The minimum Gasteiger partial charge on any atom is -0.397 e. The van der Waals surface area contributed by atoms with Crippen molar-refractivity contribution >= 4 is 16.7 Å². The Morgan fingerprint density at radius 3 is 3.00 bits per heavy atom. The molecule has 0 atom stereocenters. The fourth-order valence-electron chi connectivity index (χ4n) is 1.58. The molecule has 0 spiro atoms. The molecule has 0 saturated heterocycles. The van der Waals surface area contributed by atoms with Crippen LogP contribution >= 0.6 is 0 Å². The van der Waals surface area contributed by atoms with Crippen LogP contribution in [0.1, 0.15) is 18.2 Å². The van der Waals surface area contributed by atoms with Gasteiger partial charge in [0.15, 0.2) is 11.5 Å². The zero-order valence-corrected chi connectivity index (χ0v) is 10.7. The molecule has 0 aliphatic heterocycles. The van der Waals surface area contributed by atoms with Crippen LogP contribution in [0.25, 0.3) is 11.0 Å². The Balaban J connectivity index is 2.44. The fourth-order valence-corrected chi connectivity index (χ4v) is 1.58. The molecule has 2 aromatic heterocycles. The van der Waals surface area contributed by atoms with Gasteiger partial charge in [0.25, 0.3) is 0 Å². The lowest BCUT2D eigenvalue weighted by atomic mass is 10.2. The number of nitrogens with zero attached hydrogens (tertiary/aromatic N) is 3. The van der Waals surface area contributed by atoms with E-state index in [9.17, 15) is 4.39 Å². The number of fused-ring (bicyclic) bond motifs is 1. The Kier molecular flexibility index (Phi) is 3.41. The van der Waals surface area contributed by atoms with Gasteiger partial charge in [0.05, 0.1) is 23.3 Å². The standard InChI is InChI=1S/C13H14FN5/c1-7-4-10-12(18-19-13(10)17-5-7)9(3)16-6-11(14)8(2)15/h4-6H,2,15H2,1,3H3,(H,17,18,19)/b11-6+,16-9?. The van der Waals surface area contributed by atoms with Crippen molar-refractivity contribution in [2.45, 2.75) is 13.8 Å². The normalized spacial score (nSPS) is 13.0. The largest absolute Gasteiger partial charge is 0.397 e. The molecule has 2 rings (SSSR count). The van der Waals surface area contributed by atoms with Gasteiger partial charge in [0, 0.05) is 11.6 Å². The molecular weight excluding hydrogens is 245 g/mol. The van der Waals surface area contributed by atoms with E-state index in [0.29, 0.717) is 17.1 Å². The van der Waals surface area contributed by atoms with Crippen LogP contribution in [-0.4, -0.2) is 20.9 Å². The van der Waals surface area contributed by atoms with Crippen molar-refractivity contribution in [1.29, 1.82) is 0 Å². The number of aryl methyl sites for hydroxylation is 1. The van der Waals surface area contributed by atoms with E-state index in [4.69, 9.17) is 5.73 Å². The molecule has 0 unspecified atom stereocenters. The lowest BCUT2D eigenvalue weighted by molar-refractivity contribution is 0.646. The molecule has 6 heteroatoms. The zero-order chi connectivity index (χ0) is 14.0. The number of hydrogen-bond donors (Lipinski definition) is 2. The third kappa shape index (κ3) is 2.67. The molecule has 5 nitrogen and oxygen atoms in total. The highest BCUT2D eigenvalue weighted by Crippen LogP contribution is 2.16. The van der Waals surface area contributed by atoms with Crippen molar-refractivity contribution < 1.29 is 4.39 Å². The van der Waals surface area contributed by atoms with Crippen molar-refractivity contribution in [1.82, 2.24) is 15.2 Å². The molecule has 19 heavy (non-hydrogen) atoms. The van der Waals surface area contributed by atoms with Crippen LogP contribution in [0.15, 0.2) is 41.6 Å². The molecule has 0 amide bonds. The summed E-state index contributed by atoms with van der Waals surface area (Å²) in [6.45, 7) is 6.98. The number of aliphatic imine (C=N–C) groups is 1. The van der Waals surface area contributed by atoms with Crippen molar-refractivity contribution in [3.63, 3.8) is 0 Å². The van der Waals surface area contributed by atoms with E-state index in [1.54, 1.807) is 13.1 Å². The van der Waals surface area contributed by atoms with E-state index in [0.717, 1.165) is 17.1 Å². The highest BCUT2D eigenvalue weighted by molar-refractivity contribution is 6.07. The molecule has 0 bridgehead atoms. The van der Waals surface area contributed by atoms with Crippen LogP contribution in [0.2, 0.25) is 0 Å². The first kappa shape index (κ1) is 12.9. The maximum Gasteiger partial charge on any atom is 0.181 e. The molecule has 0 aromatic carbocycles. The van der Waals surface area contributed by atoms with Crippen LogP contribution in [-0.2, 0) is 0 Å². The Bertz CT molecular complexity index is 696. The van der Waals surface area contributed by atoms with Gasteiger partial charge in [-0.2, -0.15) is 5.10 Å². The van der Waals surface area contributed by atoms with Gasteiger partial charge in [-0.3, -0.25) is 10.1 Å². The maximum absolute atomic E-state index is 13.2. The quantitative estimate of drug-likeness (QED) is 0.656. The Morgan fingerprint density at radius 1 is 1.58 bits per heavy atom. The lowest BCUT2D eigenvalue weighted by Gasteiger charge is -1.97. The van der Waals surface area contributed by atoms with Crippen LogP contribution in [0, 0.1) is 6.92 Å². The summed E-state index contributed by atoms with van der Waals surface area (Å²) in [6.07, 6.45) is 2.77. The van der Waals surface area contributed by atoms with E-state index in [1.807, 2.05) is 13.0 Å². The van der Waals surface area contributed by atoms with Gasteiger partial charge >= 0.3 is 0 Å². The number of allylic oxidation sites excluding steroid dienone is 1. The van der Waals surface area contributed by atoms with Crippen LogP contribution in [0.3, 0.4) is 0 Å². The molecule has 0 radical (unpaired) electrons. The summed E-state index contributed by atoms with van der Waals surface area (Å²) in [5.74, 6) is -0.655. The van der Waals surface area contributed by atoms with Gasteiger partial charge in [0.2, 0.25) is 0 Å². The highest BCUT2D eigenvalue weighted by Gasteiger charge is 2.08. The molecule has 0 aliphatic carbocycles. The number of H-pyrrole nitrogens is 1. The smallest absolute Gasteiger partial charge is 0.181 e. The maximum atomic E-state index is 13.2. The Hall–Kier alpha value is -2.50. The summed E-state index contributed by atoms with van der Waals surface area (Å²) in [5.41, 5.74) is 7.97. The minimum atomic E-state index is -0.655.